The Morgan fingerprint density at radius 3 is 2.11 bits per heavy atom. The van der Waals surface area contributed by atoms with Crippen molar-refractivity contribution in [3.8, 4) is 0 Å². The van der Waals surface area contributed by atoms with Crippen LogP contribution in [0.2, 0.25) is 0 Å². The van der Waals surface area contributed by atoms with E-state index in [1.54, 1.807) is 19.9 Å². The van der Waals surface area contributed by atoms with Crippen LogP contribution in [0, 0.1) is 5.92 Å². The second-order valence-electron chi connectivity index (χ2n) is 4.68. The number of carbonyl (C=O) groups excluding carboxylic acids is 1. The highest BCUT2D eigenvalue weighted by molar-refractivity contribution is 5.80. The van der Waals surface area contributed by atoms with E-state index in [0.717, 1.165) is 0 Å². The molecule has 2 unspecified atom stereocenters. The fraction of sp³-hybridized carbons (Fsp3) is 0.462. The molecule has 0 fully saturated rings. The van der Waals surface area contributed by atoms with Gasteiger partial charge in [0.15, 0.2) is 0 Å². The summed E-state index contributed by atoms with van der Waals surface area (Å²) in [6, 6.07) is 4.45. The maximum absolute atomic E-state index is 13.1. The Bertz CT molecular complexity index is 418. The van der Waals surface area contributed by atoms with E-state index in [0.29, 0.717) is 0 Å². The van der Waals surface area contributed by atoms with E-state index in [-0.39, 0.29) is 11.5 Å². The lowest BCUT2D eigenvalue weighted by Gasteiger charge is -2.28. The zero-order valence-electron chi connectivity index (χ0n) is 10.7. The molecule has 1 aromatic carbocycles. The van der Waals surface area contributed by atoms with Gasteiger partial charge in [0.25, 0.3) is 0 Å². The van der Waals surface area contributed by atoms with Gasteiger partial charge < -0.3 is 5.73 Å². The Morgan fingerprint density at radius 2 is 1.74 bits per heavy atom. The summed E-state index contributed by atoms with van der Waals surface area (Å²) >= 11 is 0. The van der Waals surface area contributed by atoms with Gasteiger partial charge in [0.1, 0.15) is 6.04 Å². The highest BCUT2D eigenvalue weighted by Gasteiger charge is 2.42. The average molecular weight is 274 g/mol. The lowest BCUT2D eigenvalue weighted by molar-refractivity contribution is -0.161. The molecule has 0 bridgehead atoms. The van der Waals surface area contributed by atoms with Crippen LogP contribution in [0.5, 0.6) is 0 Å². The number of amides is 1. The standard InChI is InChI=1S/C13H17F3N2O/c1-8(2)10(12(17)19)18-11(13(14,15)16)9-6-4-3-5-7-9/h3-8,10-11,18H,1-2H3,(H2,17,19). The normalized spacial score (nSPS) is 15.3. The van der Waals surface area contributed by atoms with Crippen molar-refractivity contribution in [2.24, 2.45) is 11.7 Å². The minimum atomic E-state index is -4.50. The first-order valence-electron chi connectivity index (χ1n) is 5.90. The molecular weight excluding hydrogens is 257 g/mol. The van der Waals surface area contributed by atoms with Crippen LogP contribution < -0.4 is 11.1 Å². The minimum Gasteiger partial charge on any atom is -0.368 e. The zero-order valence-corrected chi connectivity index (χ0v) is 10.7. The number of hydrogen-bond acceptors (Lipinski definition) is 2. The van der Waals surface area contributed by atoms with E-state index in [9.17, 15) is 18.0 Å². The summed E-state index contributed by atoms with van der Waals surface area (Å²) in [5, 5.41) is 2.31. The highest BCUT2D eigenvalue weighted by atomic mass is 19.4. The SMILES string of the molecule is CC(C)C(NC(c1ccccc1)C(F)(F)F)C(N)=O. The first-order chi connectivity index (χ1) is 8.73. The molecule has 0 spiro atoms. The van der Waals surface area contributed by atoms with Crippen molar-refractivity contribution in [3.63, 3.8) is 0 Å². The number of carbonyl (C=O) groups is 1. The lowest BCUT2D eigenvalue weighted by Crippen LogP contribution is -2.49. The molecule has 0 heterocycles. The van der Waals surface area contributed by atoms with Crippen LogP contribution in [0.15, 0.2) is 30.3 Å². The van der Waals surface area contributed by atoms with E-state index >= 15 is 0 Å². The molecule has 0 aliphatic rings. The molecule has 1 aromatic rings. The maximum Gasteiger partial charge on any atom is 0.407 e. The van der Waals surface area contributed by atoms with E-state index in [2.05, 4.69) is 5.32 Å². The van der Waals surface area contributed by atoms with Crippen LogP contribution in [0.1, 0.15) is 25.5 Å². The number of halogens is 3. The summed E-state index contributed by atoms with van der Waals surface area (Å²) in [4.78, 5) is 11.2. The molecule has 3 nitrogen and oxygen atoms in total. The largest absolute Gasteiger partial charge is 0.407 e. The molecule has 0 aliphatic carbocycles. The van der Waals surface area contributed by atoms with Crippen LogP contribution >= 0.6 is 0 Å². The number of nitrogens with one attached hydrogen (secondary N) is 1. The average Bonchev–Trinajstić information content (AvgIpc) is 2.28. The molecule has 3 N–H and O–H groups in total. The van der Waals surface area contributed by atoms with Crippen molar-refractivity contribution < 1.29 is 18.0 Å². The Kier molecular flexibility index (Phi) is 4.94. The van der Waals surface area contributed by atoms with Gasteiger partial charge >= 0.3 is 6.18 Å². The monoisotopic (exact) mass is 274 g/mol. The molecule has 0 radical (unpaired) electrons. The van der Waals surface area contributed by atoms with Crippen LogP contribution in [0.25, 0.3) is 0 Å². The molecule has 19 heavy (non-hydrogen) atoms. The Balaban J connectivity index is 3.03. The van der Waals surface area contributed by atoms with Crippen molar-refractivity contribution in [1.29, 1.82) is 0 Å². The zero-order chi connectivity index (χ0) is 14.6. The summed E-state index contributed by atoms with van der Waals surface area (Å²) in [5.74, 6) is -1.12. The third kappa shape index (κ3) is 4.24. The van der Waals surface area contributed by atoms with Gasteiger partial charge in [0, 0.05) is 0 Å². The molecule has 106 valence electrons. The van der Waals surface area contributed by atoms with Gasteiger partial charge in [0.2, 0.25) is 5.91 Å². The van der Waals surface area contributed by atoms with Crippen LogP contribution in [0.4, 0.5) is 13.2 Å². The van der Waals surface area contributed by atoms with Gasteiger partial charge in [0.05, 0.1) is 6.04 Å². The second-order valence-corrected chi connectivity index (χ2v) is 4.68. The van der Waals surface area contributed by atoms with Crippen molar-refractivity contribution in [1.82, 2.24) is 5.32 Å². The number of hydrogen-bond donors (Lipinski definition) is 2. The molecule has 1 rings (SSSR count). The first kappa shape index (κ1) is 15.5. The molecule has 1 amide bonds. The quantitative estimate of drug-likeness (QED) is 0.866. The number of rotatable bonds is 5. The van der Waals surface area contributed by atoms with Crippen molar-refractivity contribution in [2.45, 2.75) is 32.1 Å². The topological polar surface area (TPSA) is 55.1 Å². The van der Waals surface area contributed by atoms with E-state index in [4.69, 9.17) is 5.73 Å². The molecule has 0 aromatic heterocycles. The smallest absolute Gasteiger partial charge is 0.368 e. The molecule has 0 aliphatic heterocycles. The molecule has 0 saturated carbocycles. The van der Waals surface area contributed by atoms with Gasteiger partial charge in [-0.05, 0) is 11.5 Å². The summed E-state index contributed by atoms with van der Waals surface area (Å²) in [7, 11) is 0. The Morgan fingerprint density at radius 1 is 1.21 bits per heavy atom. The van der Waals surface area contributed by atoms with Crippen molar-refractivity contribution in [3.05, 3.63) is 35.9 Å². The van der Waals surface area contributed by atoms with Gasteiger partial charge in [-0.2, -0.15) is 13.2 Å². The Labute approximate surface area is 110 Å². The predicted octanol–water partition coefficient (Wildman–Crippen LogP) is 2.39. The minimum absolute atomic E-state index is 0.0573. The number of alkyl halides is 3. The number of nitrogens with two attached hydrogens (primary N) is 1. The van der Waals surface area contributed by atoms with E-state index in [1.807, 2.05) is 0 Å². The number of primary amides is 1. The first-order valence-corrected chi connectivity index (χ1v) is 5.90. The van der Waals surface area contributed by atoms with Crippen molar-refractivity contribution >= 4 is 5.91 Å². The molecule has 0 saturated heterocycles. The third-order valence-electron chi connectivity index (χ3n) is 2.78. The van der Waals surface area contributed by atoms with Gasteiger partial charge in [-0.1, -0.05) is 44.2 Å². The van der Waals surface area contributed by atoms with Crippen LogP contribution in [0.3, 0.4) is 0 Å². The highest BCUT2D eigenvalue weighted by Crippen LogP contribution is 2.33. The second kappa shape index (κ2) is 6.06. The molecule has 6 heteroatoms. The molecule has 2 atom stereocenters. The summed E-state index contributed by atoms with van der Waals surface area (Å²) in [6.45, 7) is 3.28. The van der Waals surface area contributed by atoms with Gasteiger partial charge in [-0.15, -0.1) is 0 Å². The fourth-order valence-corrected chi connectivity index (χ4v) is 1.81. The fourth-order valence-electron chi connectivity index (χ4n) is 1.81. The third-order valence-corrected chi connectivity index (χ3v) is 2.78. The summed E-state index contributed by atoms with van der Waals surface area (Å²) in [5.41, 5.74) is 5.20. The van der Waals surface area contributed by atoms with Gasteiger partial charge in [-0.3, -0.25) is 10.1 Å². The number of benzene rings is 1. The van der Waals surface area contributed by atoms with Crippen LogP contribution in [-0.2, 0) is 4.79 Å². The van der Waals surface area contributed by atoms with E-state index in [1.165, 1.54) is 24.3 Å². The lowest BCUT2D eigenvalue weighted by atomic mass is 9.99. The maximum atomic E-state index is 13.1. The molecular formula is C13H17F3N2O. The van der Waals surface area contributed by atoms with Crippen molar-refractivity contribution in [2.75, 3.05) is 0 Å². The predicted molar refractivity (Wildman–Crippen MR) is 66.2 cm³/mol. The van der Waals surface area contributed by atoms with Crippen LogP contribution in [-0.4, -0.2) is 18.1 Å². The summed E-state index contributed by atoms with van der Waals surface area (Å²) in [6.07, 6.45) is -4.50. The van der Waals surface area contributed by atoms with Gasteiger partial charge in [-0.25, -0.2) is 0 Å². The van der Waals surface area contributed by atoms with E-state index < -0.39 is 24.2 Å². The summed E-state index contributed by atoms with van der Waals surface area (Å²) < 4.78 is 39.2. The Hall–Kier alpha value is -1.56.